The molecule has 1 rings (SSSR count). The highest BCUT2D eigenvalue weighted by Crippen LogP contribution is 2.13. The van der Waals surface area contributed by atoms with Crippen LogP contribution in [0.2, 0.25) is 0 Å². The summed E-state index contributed by atoms with van der Waals surface area (Å²) in [6.07, 6.45) is 0.481. The van der Waals surface area contributed by atoms with Crippen molar-refractivity contribution < 1.29 is 14.4 Å². The van der Waals surface area contributed by atoms with Gasteiger partial charge in [-0.15, -0.1) is 0 Å². The lowest BCUT2D eigenvalue weighted by atomic mass is 10.0. The summed E-state index contributed by atoms with van der Waals surface area (Å²) in [5.41, 5.74) is 6.48. The molecule has 2 N–H and O–H groups in total. The first kappa shape index (κ1) is 11.1. The normalized spacial score (nSPS) is 9.67. The largest absolute Gasteiger partial charge is 0.398 e. The van der Waals surface area contributed by atoms with Crippen LogP contribution in [0.25, 0.3) is 0 Å². The van der Waals surface area contributed by atoms with Crippen LogP contribution in [-0.4, -0.2) is 17.9 Å². The van der Waals surface area contributed by atoms with E-state index in [1.54, 1.807) is 0 Å². The number of carbonyl (C=O) groups excluding carboxylic acids is 3. The molecule has 15 heavy (non-hydrogen) atoms. The lowest BCUT2D eigenvalue weighted by molar-refractivity contribution is -0.116. The van der Waals surface area contributed by atoms with Crippen LogP contribution in [0.4, 0.5) is 5.69 Å². The van der Waals surface area contributed by atoms with Gasteiger partial charge in [-0.2, -0.15) is 0 Å². The third-order valence-electron chi connectivity index (χ3n) is 1.95. The number of hydrogen-bond acceptors (Lipinski definition) is 4. The van der Waals surface area contributed by atoms with Gasteiger partial charge in [-0.1, -0.05) is 6.07 Å². The van der Waals surface area contributed by atoms with Gasteiger partial charge in [-0.05, 0) is 19.1 Å². The number of ketones is 2. The predicted octanol–water partition coefficient (Wildman–Crippen LogP) is 1.24. The maximum absolute atomic E-state index is 11.4. The quantitative estimate of drug-likeness (QED) is 0.347. The molecule has 0 aliphatic rings. The summed E-state index contributed by atoms with van der Waals surface area (Å²) in [5.74, 6) is -0.482. The molecule has 0 spiro atoms. The molecule has 4 nitrogen and oxygen atoms in total. The summed E-state index contributed by atoms with van der Waals surface area (Å²) >= 11 is 0. The van der Waals surface area contributed by atoms with Crippen molar-refractivity contribution in [1.82, 2.24) is 0 Å². The first-order valence-electron chi connectivity index (χ1n) is 4.42. The van der Waals surface area contributed by atoms with Gasteiger partial charge in [-0.3, -0.25) is 14.4 Å². The molecule has 1 aromatic rings. The predicted molar refractivity (Wildman–Crippen MR) is 55.9 cm³/mol. The van der Waals surface area contributed by atoms with Crippen LogP contribution in [0.15, 0.2) is 18.2 Å². The van der Waals surface area contributed by atoms with Crippen LogP contribution in [0.3, 0.4) is 0 Å². The minimum Gasteiger partial charge on any atom is -0.398 e. The van der Waals surface area contributed by atoms with Gasteiger partial charge in [0.25, 0.3) is 0 Å². The number of carbonyl (C=O) groups is 3. The standard InChI is InChI=1S/C11H11NO3/c1-7(14)4-11(15)8-2-3-9(6-13)10(12)5-8/h2-3,5-6H,4,12H2,1H3. The number of rotatable bonds is 4. The van der Waals surface area contributed by atoms with E-state index in [2.05, 4.69) is 0 Å². The summed E-state index contributed by atoms with van der Waals surface area (Å²) in [5, 5.41) is 0. The zero-order chi connectivity index (χ0) is 11.4. The van der Waals surface area contributed by atoms with Crippen molar-refractivity contribution in [3.05, 3.63) is 29.3 Å². The molecule has 0 bridgehead atoms. The fourth-order valence-electron chi connectivity index (χ4n) is 1.18. The van der Waals surface area contributed by atoms with Crippen molar-refractivity contribution in [3.8, 4) is 0 Å². The molecule has 0 unspecified atom stereocenters. The highest BCUT2D eigenvalue weighted by atomic mass is 16.1. The Labute approximate surface area is 87.1 Å². The molecule has 0 saturated carbocycles. The first-order chi connectivity index (χ1) is 7.04. The van der Waals surface area contributed by atoms with Crippen LogP contribution in [-0.2, 0) is 4.79 Å². The van der Waals surface area contributed by atoms with Gasteiger partial charge in [-0.25, -0.2) is 0 Å². The summed E-state index contributed by atoms with van der Waals surface area (Å²) in [4.78, 5) is 32.6. The van der Waals surface area contributed by atoms with Crippen molar-refractivity contribution >= 4 is 23.5 Å². The maximum atomic E-state index is 11.4. The van der Waals surface area contributed by atoms with Gasteiger partial charge in [0, 0.05) is 16.8 Å². The summed E-state index contributed by atoms with van der Waals surface area (Å²) in [6.45, 7) is 1.35. The first-order valence-corrected chi connectivity index (χ1v) is 4.42. The summed E-state index contributed by atoms with van der Waals surface area (Å²) in [7, 11) is 0. The molecule has 0 saturated heterocycles. The van der Waals surface area contributed by atoms with E-state index in [1.165, 1.54) is 25.1 Å². The minimum atomic E-state index is -0.286. The Morgan fingerprint density at radius 1 is 1.40 bits per heavy atom. The average molecular weight is 205 g/mol. The Morgan fingerprint density at radius 3 is 2.53 bits per heavy atom. The molecule has 0 heterocycles. The second kappa shape index (κ2) is 4.50. The fourth-order valence-corrected chi connectivity index (χ4v) is 1.18. The van der Waals surface area contributed by atoms with Gasteiger partial charge in [0.05, 0.1) is 6.42 Å². The molecule has 1 aromatic carbocycles. The lowest BCUT2D eigenvalue weighted by Crippen LogP contribution is -2.06. The zero-order valence-electron chi connectivity index (χ0n) is 8.32. The smallest absolute Gasteiger partial charge is 0.170 e. The van der Waals surface area contributed by atoms with Crippen molar-refractivity contribution in [2.75, 3.05) is 5.73 Å². The Hall–Kier alpha value is -1.97. The SMILES string of the molecule is CC(=O)CC(=O)c1ccc(C=O)c(N)c1. The molecule has 0 aromatic heterocycles. The number of benzene rings is 1. The number of anilines is 1. The molecule has 0 fully saturated rings. The van der Waals surface area contributed by atoms with Crippen molar-refractivity contribution in [3.63, 3.8) is 0 Å². The molecule has 4 heteroatoms. The molecule has 0 radical (unpaired) electrons. The minimum absolute atomic E-state index is 0.139. The monoisotopic (exact) mass is 205 g/mol. The molecule has 0 aliphatic carbocycles. The summed E-state index contributed by atoms with van der Waals surface area (Å²) < 4.78 is 0. The van der Waals surface area contributed by atoms with E-state index < -0.39 is 0 Å². The van der Waals surface area contributed by atoms with Crippen molar-refractivity contribution in [1.29, 1.82) is 0 Å². The van der Waals surface area contributed by atoms with Crippen LogP contribution in [0.5, 0.6) is 0 Å². The second-order valence-corrected chi connectivity index (χ2v) is 3.26. The molecule has 0 amide bonds. The number of nitrogens with two attached hydrogens (primary N) is 1. The third kappa shape index (κ3) is 2.74. The van der Waals surface area contributed by atoms with Gasteiger partial charge >= 0.3 is 0 Å². The van der Waals surface area contributed by atoms with E-state index in [-0.39, 0.29) is 23.7 Å². The maximum Gasteiger partial charge on any atom is 0.170 e. The zero-order valence-corrected chi connectivity index (χ0v) is 8.32. The molecule has 0 aliphatic heterocycles. The van der Waals surface area contributed by atoms with Gasteiger partial charge < -0.3 is 5.73 Å². The molecule has 0 atom stereocenters. The van der Waals surface area contributed by atoms with Crippen molar-refractivity contribution in [2.24, 2.45) is 0 Å². The van der Waals surface area contributed by atoms with E-state index in [4.69, 9.17) is 5.73 Å². The topological polar surface area (TPSA) is 77.2 Å². The fraction of sp³-hybridized carbons (Fsp3) is 0.182. The van der Waals surface area contributed by atoms with E-state index in [9.17, 15) is 14.4 Å². The molecular formula is C11H11NO3. The van der Waals surface area contributed by atoms with Gasteiger partial charge in [0.2, 0.25) is 0 Å². The van der Waals surface area contributed by atoms with E-state index in [1.807, 2.05) is 0 Å². The van der Waals surface area contributed by atoms with Crippen LogP contribution >= 0.6 is 0 Å². The van der Waals surface area contributed by atoms with Crippen LogP contribution in [0, 0.1) is 0 Å². The van der Waals surface area contributed by atoms with E-state index >= 15 is 0 Å². The van der Waals surface area contributed by atoms with E-state index in [0.29, 0.717) is 17.4 Å². The molecular weight excluding hydrogens is 194 g/mol. The highest BCUT2D eigenvalue weighted by Gasteiger charge is 2.09. The number of aldehydes is 1. The summed E-state index contributed by atoms with van der Waals surface area (Å²) in [6, 6.07) is 4.37. The average Bonchev–Trinajstić information content (AvgIpc) is 2.16. The van der Waals surface area contributed by atoms with Crippen LogP contribution < -0.4 is 5.73 Å². The highest BCUT2D eigenvalue weighted by molar-refractivity contribution is 6.08. The van der Waals surface area contributed by atoms with E-state index in [0.717, 1.165) is 0 Å². The van der Waals surface area contributed by atoms with Gasteiger partial charge in [0.1, 0.15) is 5.78 Å². The van der Waals surface area contributed by atoms with Gasteiger partial charge in [0.15, 0.2) is 12.1 Å². The van der Waals surface area contributed by atoms with Crippen molar-refractivity contribution in [2.45, 2.75) is 13.3 Å². The van der Waals surface area contributed by atoms with Crippen LogP contribution in [0.1, 0.15) is 34.1 Å². The Kier molecular flexibility index (Phi) is 3.33. The Bertz CT molecular complexity index is 424. The Morgan fingerprint density at radius 2 is 2.07 bits per heavy atom. The number of Topliss-reactive ketones (excluding diaryl/α,β-unsaturated/α-hetero) is 2. The number of hydrogen-bond donors (Lipinski definition) is 1. The third-order valence-corrected chi connectivity index (χ3v) is 1.95. The molecule has 78 valence electrons. The Balaban J connectivity index is 2.97. The lowest BCUT2D eigenvalue weighted by Gasteiger charge is -2.02. The second-order valence-electron chi connectivity index (χ2n) is 3.26. The number of nitrogen functional groups attached to an aromatic ring is 1.